The summed E-state index contributed by atoms with van der Waals surface area (Å²) in [5.41, 5.74) is -1.39. The molecule has 3 aliphatic rings. The Kier molecular flexibility index (Phi) is 5.47. The molecule has 1 aromatic rings. The van der Waals surface area contributed by atoms with Gasteiger partial charge in [0.1, 0.15) is 24.4 Å². The van der Waals surface area contributed by atoms with E-state index in [4.69, 9.17) is 28.4 Å². The number of fused-ring (bicyclic) bond motifs is 1. The maximum absolute atomic E-state index is 13.0. The number of ether oxygens (including phenoxy) is 6. The highest BCUT2D eigenvalue weighted by Crippen LogP contribution is 2.46. The minimum atomic E-state index is -1.94. The largest absolute Gasteiger partial charge is 0.465 e. The maximum atomic E-state index is 13.0. The van der Waals surface area contributed by atoms with Crippen LogP contribution in [0.2, 0.25) is 0 Å². The quantitative estimate of drug-likeness (QED) is 0.687. The van der Waals surface area contributed by atoms with Gasteiger partial charge in [0, 0.05) is 5.69 Å². The molecule has 0 aromatic heterocycles. The molecule has 10 heteroatoms. The molecule has 2 N–H and O–H groups in total. The van der Waals surface area contributed by atoms with Crippen LogP contribution in [0.3, 0.4) is 0 Å². The summed E-state index contributed by atoms with van der Waals surface area (Å²) in [5, 5.41) is 5.31. The Morgan fingerprint density at radius 1 is 0.968 bits per heavy atom. The zero-order valence-corrected chi connectivity index (χ0v) is 18.2. The first-order valence-corrected chi connectivity index (χ1v) is 10.1. The van der Waals surface area contributed by atoms with Crippen molar-refractivity contribution >= 4 is 17.7 Å². The summed E-state index contributed by atoms with van der Waals surface area (Å²) in [4.78, 5) is 25.8. The molecule has 3 fully saturated rings. The molecule has 3 heterocycles. The van der Waals surface area contributed by atoms with E-state index in [1.54, 1.807) is 52.0 Å². The van der Waals surface area contributed by atoms with Crippen molar-refractivity contribution in [2.24, 2.45) is 0 Å². The number of carbonyl (C=O) groups is 2. The van der Waals surface area contributed by atoms with Gasteiger partial charge in [-0.2, -0.15) is 0 Å². The molecule has 5 atom stereocenters. The van der Waals surface area contributed by atoms with Gasteiger partial charge in [0.05, 0.1) is 13.7 Å². The SMILES string of the molecule is COC(=O)[C@@]1(NC(=O)Nc2ccccc2)O[C@H]([C@H]2COC(C)(C)O2)[C@@H]2OC(C)(C)O[C@@H]21. The highest BCUT2D eigenvalue weighted by molar-refractivity contribution is 5.94. The molecule has 0 radical (unpaired) electrons. The standard InChI is InChI=1S/C21H28N2O8/c1-19(2)27-11-13(28-19)14-15-16(31-20(3,4)29-15)21(30-14,17(24)26-5)23-18(25)22-12-9-7-6-8-10-12/h6-10,13-16H,11H2,1-5H3,(H2,22,23,25)/t13-,14-,15+,16+,21+/m1/s1. The Labute approximate surface area is 180 Å². The second kappa shape index (κ2) is 7.72. The third-order valence-corrected chi connectivity index (χ3v) is 5.39. The molecule has 4 rings (SSSR count). The zero-order chi connectivity index (χ0) is 22.4. The van der Waals surface area contributed by atoms with Crippen LogP contribution in [-0.4, -0.2) is 67.4 Å². The molecule has 0 unspecified atom stereocenters. The van der Waals surface area contributed by atoms with Crippen LogP contribution >= 0.6 is 0 Å². The lowest BCUT2D eigenvalue weighted by Crippen LogP contribution is -2.63. The van der Waals surface area contributed by atoms with Crippen molar-refractivity contribution in [1.29, 1.82) is 0 Å². The van der Waals surface area contributed by atoms with Crippen LogP contribution in [0.5, 0.6) is 0 Å². The molecule has 0 spiro atoms. The van der Waals surface area contributed by atoms with Crippen molar-refractivity contribution in [3.8, 4) is 0 Å². The lowest BCUT2D eigenvalue weighted by atomic mass is 10.0. The number of para-hydroxylation sites is 1. The topological polar surface area (TPSA) is 114 Å². The van der Waals surface area contributed by atoms with Crippen LogP contribution < -0.4 is 10.6 Å². The number of anilines is 1. The molecule has 2 amide bonds. The van der Waals surface area contributed by atoms with Gasteiger partial charge in [0.25, 0.3) is 5.72 Å². The Morgan fingerprint density at radius 2 is 1.68 bits per heavy atom. The van der Waals surface area contributed by atoms with Crippen molar-refractivity contribution < 1.29 is 38.0 Å². The fourth-order valence-corrected chi connectivity index (χ4v) is 4.18. The van der Waals surface area contributed by atoms with Gasteiger partial charge in [0.2, 0.25) is 0 Å². The molecular formula is C21H28N2O8. The van der Waals surface area contributed by atoms with Crippen LogP contribution in [-0.2, 0) is 33.2 Å². The van der Waals surface area contributed by atoms with E-state index in [-0.39, 0.29) is 6.61 Å². The molecule has 3 saturated heterocycles. The Hall–Kier alpha value is -2.24. The van der Waals surface area contributed by atoms with Crippen molar-refractivity contribution in [3.05, 3.63) is 30.3 Å². The van der Waals surface area contributed by atoms with E-state index in [0.29, 0.717) is 5.69 Å². The normalized spacial score (nSPS) is 35.4. The van der Waals surface area contributed by atoms with Crippen molar-refractivity contribution in [3.63, 3.8) is 0 Å². The summed E-state index contributed by atoms with van der Waals surface area (Å²) in [6, 6.07) is 8.16. The summed E-state index contributed by atoms with van der Waals surface area (Å²) >= 11 is 0. The number of carbonyl (C=O) groups excluding carboxylic acids is 2. The average molecular weight is 436 g/mol. The summed E-state index contributed by atoms with van der Waals surface area (Å²) < 4.78 is 34.8. The Morgan fingerprint density at radius 3 is 2.29 bits per heavy atom. The fraction of sp³-hybridized carbons (Fsp3) is 0.619. The fourth-order valence-electron chi connectivity index (χ4n) is 4.18. The van der Waals surface area contributed by atoms with Gasteiger partial charge in [-0.1, -0.05) is 18.2 Å². The first-order chi connectivity index (χ1) is 14.6. The lowest BCUT2D eigenvalue weighted by molar-refractivity contribution is -0.234. The van der Waals surface area contributed by atoms with E-state index in [1.165, 1.54) is 7.11 Å². The second-order valence-corrected chi connectivity index (χ2v) is 8.64. The van der Waals surface area contributed by atoms with Gasteiger partial charge in [-0.15, -0.1) is 0 Å². The van der Waals surface area contributed by atoms with Crippen LogP contribution in [0.15, 0.2) is 30.3 Å². The van der Waals surface area contributed by atoms with Crippen LogP contribution in [0.25, 0.3) is 0 Å². The van der Waals surface area contributed by atoms with Crippen molar-refractivity contribution in [1.82, 2.24) is 5.32 Å². The smallest absolute Gasteiger partial charge is 0.362 e. The molecular weight excluding hydrogens is 408 g/mol. The lowest BCUT2D eigenvalue weighted by Gasteiger charge is -2.33. The van der Waals surface area contributed by atoms with Crippen LogP contribution in [0.4, 0.5) is 10.5 Å². The van der Waals surface area contributed by atoms with Gasteiger partial charge < -0.3 is 33.7 Å². The Bertz CT molecular complexity index is 845. The summed E-state index contributed by atoms with van der Waals surface area (Å²) in [5.74, 6) is -2.64. The van der Waals surface area contributed by atoms with Gasteiger partial charge >= 0.3 is 12.0 Å². The van der Waals surface area contributed by atoms with Gasteiger partial charge in [-0.05, 0) is 39.8 Å². The first-order valence-electron chi connectivity index (χ1n) is 10.1. The summed E-state index contributed by atoms with van der Waals surface area (Å²) in [6.45, 7) is 7.26. The molecule has 0 saturated carbocycles. The van der Waals surface area contributed by atoms with Gasteiger partial charge in [0.15, 0.2) is 11.6 Å². The third-order valence-electron chi connectivity index (χ3n) is 5.39. The molecule has 31 heavy (non-hydrogen) atoms. The number of methoxy groups -OCH3 is 1. The average Bonchev–Trinajstić information content (AvgIpc) is 3.31. The van der Waals surface area contributed by atoms with Crippen LogP contribution in [0, 0.1) is 0 Å². The first kappa shape index (κ1) is 22.0. The highest BCUT2D eigenvalue weighted by Gasteiger charge is 2.70. The van der Waals surface area contributed by atoms with E-state index in [0.717, 1.165) is 0 Å². The molecule has 0 bridgehead atoms. The van der Waals surface area contributed by atoms with Gasteiger partial charge in [-0.3, -0.25) is 5.32 Å². The van der Waals surface area contributed by atoms with E-state index >= 15 is 0 Å². The van der Waals surface area contributed by atoms with Crippen molar-refractivity contribution in [2.75, 3.05) is 19.0 Å². The number of amides is 2. The van der Waals surface area contributed by atoms with E-state index < -0.39 is 53.7 Å². The van der Waals surface area contributed by atoms with Crippen molar-refractivity contribution in [2.45, 2.75) is 69.4 Å². The number of hydrogen-bond donors (Lipinski definition) is 2. The Balaban J connectivity index is 1.63. The summed E-state index contributed by atoms with van der Waals surface area (Å²) in [7, 11) is 1.21. The van der Waals surface area contributed by atoms with Gasteiger partial charge in [-0.25, -0.2) is 9.59 Å². The number of benzene rings is 1. The predicted molar refractivity (Wildman–Crippen MR) is 107 cm³/mol. The number of nitrogens with one attached hydrogen (secondary N) is 2. The van der Waals surface area contributed by atoms with Crippen LogP contribution in [0.1, 0.15) is 27.7 Å². The minimum absolute atomic E-state index is 0.234. The third kappa shape index (κ3) is 4.13. The number of esters is 1. The zero-order valence-electron chi connectivity index (χ0n) is 18.2. The molecule has 170 valence electrons. The molecule has 10 nitrogen and oxygen atoms in total. The second-order valence-electron chi connectivity index (χ2n) is 8.64. The summed E-state index contributed by atoms with van der Waals surface area (Å²) in [6.07, 6.45) is -2.95. The number of rotatable bonds is 4. The monoisotopic (exact) mass is 436 g/mol. The van der Waals surface area contributed by atoms with E-state index in [1.807, 2.05) is 6.07 Å². The minimum Gasteiger partial charge on any atom is -0.465 e. The predicted octanol–water partition coefficient (Wildman–Crippen LogP) is 1.75. The highest BCUT2D eigenvalue weighted by atomic mass is 16.8. The number of urea groups is 1. The van der Waals surface area contributed by atoms with E-state index in [2.05, 4.69) is 10.6 Å². The molecule has 1 aromatic carbocycles. The molecule has 0 aliphatic carbocycles. The van der Waals surface area contributed by atoms with E-state index in [9.17, 15) is 9.59 Å². The number of hydrogen-bond acceptors (Lipinski definition) is 8. The molecule has 3 aliphatic heterocycles. The maximum Gasteiger partial charge on any atom is 0.362 e.